The van der Waals surface area contributed by atoms with Crippen molar-refractivity contribution in [2.75, 3.05) is 4.90 Å². The van der Waals surface area contributed by atoms with Gasteiger partial charge in [-0.05, 0) is 130 Å². The van der Waals surface area contributed by atoms with Crippen molar-refractivity contribution in [3.05, 3.63) is 142 Å². The van der Waals surface area contributed by atoms with Crippen LogP contribution >= 0.6 is 0 Å². The maximum Gasteiger partial charge on any atom is 0.0461 e. The Kier molecular flexibility index (Phi) is 14.7. The molecule has 0 aliphatic heterocycles. The molecule has 0 saturated carbocycles. The van der Waals surface area contributed by atoms with Gasteiger partial charge in [-0.25, -0.2) is 0 Å². The molecule has 0 amide bonds. The van der Waals surface area contributed by atoms with Crippen LogP contribution in [0.15, 0.2) is 114 Å². The van der Waals surface area contributed by atoms with Crippen LogP contribution in [0.1, 0.15) is 187 Å². The molecule has 300 valence electrons. The zero-order chi connectivity index (χ0) is 40.5. The first-order valence-corrected chi connectivity index (χ1v) is 22.4. The highest BCUT2D eigenvalue weighted by Gasteiger charge is 2.50. The maximum absolute atomic E-state index is 2.57. The van der Waals surface area contributed by atoms with Crippen molar-refractivity contribution in [3.8, 4) is 0 Å². The fraction of sp³-hybridized carbons (Fsp3) is 0.491. The Balaban J connectivity index is 1.53. The molecule has 2 aliphatic rings. The van der Waals surface area contributed by atoms with Gasteiger partial charge in [0.1, 0.15) is 0 Å². The van der Waals surface area contributed by atoms with Crippen molar-refractivity contribution in [1.29, 1.82) is 0 Å². The molecule has 1 heteroatoms. The highest BCUT2D eigenvalue weighted by Crippen LogP contribution is 2.62. The van der Waals surface area contributed by atoms with Gasteiger partial charge in [0.25, 0.3) is 0 Å². The van der Waals surface area contributed by atoms with E-state index in [2.05, 4.69) is 184 Å². The van der Waals surface area contributed by atoms with Gasteiger partial charge >= 0.3 is 0 Å². The van der Waals surface area contributed by atoms with Crippen LogP contribution in [0.5, 0.6) is 0 Å². The lowest BCUT2D eigenvalue weighted by Crippen LogP contribution is -2.32. The van der Waals surface area contributed by atoms with E-state index in [1.807, 2.05) is 0 Å². The van der Waals surface area contributed by atoms with Crippen molar-refractivity contribution < 1.29 is 0 Å². The van der Waals surface area contributed by atoms with Gasteiger partial charge in [0, 0.05) is 22.5 Å². The molecule has 3 aromatic carbocycles. The molecule has 1 nitrogen and oxygen atoms in total. The lowest BCUT2D eigenvalue weighted by Gasteiger charge is -2.42. The van der Waals surface area contributed by atoms with Crippen LogP contribution in [0.4, 0.5) is 11.4 Å². The number of fused-ring (bicyclic) bond motifs is 2. The van der Waals surface area contributed by atoms with Gasteiger partial charge < -0.3 is 4.90 Å². The summed E-state index contributed by atoms with van der Waals surface area (Å²) in [6, 6.07) is 25.8. The lowest BCUT2D eigenvalue weighted by molar-refractivity contribution is 0.377. The number of hydrogen-bond donors (Lipinski definition) is 0. The third-order valence-electron chi connectivity index (χ3n) is 12.6. The minimum Gasteiger partial charge on any atom is -0.311 e. The standard InChI is InChI=1S/C55H75N/c1-12-16-18-19-20-22-38-55(37-21-17-13-2)50-39-42(27-36-48(50)49-40-51(52(49)55)54(9,10)11)25-23-26-45(24-14-3)56(46-32-28-43(29-33-46)41(5)15-4)47-34-30-44(31-35-47)53(6,7)8/h14,23-36,39-41H,12-13,15-22,37-38H2,1-11H3/b24-14-,25-23+,45-26+. The van der Waals surface area contributed by atoms with Crippen LogP contribution in [0.25, 0.3) is 11.6 Å². The van der Waals surface area contributed by atoms with Crippen molar-refractivity contribution in [2.24, 2.45) is 5.41 Å². The first-order chi connectivity index (χ1) is 26.8. The maximum atomic E-state index is 2.57. The molecule has 56 heavy (non-hydrogen) atoms. The minimum absolute atomic E-state index is 0.102. The summed E-state index contributed by atoms with van der Waals surface area (Å²) in [5.41, 5.74) is 15.8. The van der Waals surface area contributed by atoms with Gasteiger partial charge in [-0.3, -0.25) is 0 Å². The summed E-state index contributed by atoms with van der Waals surface area (Å²) in [7, 11) is 0. The molecule has 0 N–H and O–H groups in total. The van der Waals surface area contributed by atoms with E-state index >= 15 is 0 Å². The van der Waals surface area contributed by atoms with E-state index in [1.165, 1.54) is 110 Å². The molecule has 0 bridgehead atoms. The fourth-order valence-corrected chi connectivity index (χ4v) is 9.01. The molecule has 2 atom stereocenters. The van der Waals surface area contributed by atoms with E-state index in [9.17, 15) is 0 Å². The van der Waals surface area contributed by atoms with Crippen LogP contribution in [0, 0.1) is 5.41 Å². The first-order valence-electron chi connectivity index (χ1n) is 22.4. The monoisotopic (exact) mass is 750 g/mol. The predicted molar refractivity (Wildman–Crippen MR) is 249 cm³/mol. The van der Waals surface area contributed by atoms with Crippen LogP contribution in [0.3, 0.4) is 0 Å². The quantitative estimate of drug-likeness (QED) is 0.0871. The van der Waals surface area contributed by atoms with Gasteiger partial charge in [0.15, 0.2) is 0 Å². The third kappa shape index (κ3) is 9.81. The Labute approximate surface area is 343 Å². The number of anilines is 2. The van der Waals surface area contributed by atoms with Crippen LogP contribution in [0.2, 0.25) is 0 Å². The SMILES string of the molecule is C\C=C/C(=C\C=C\c1ccc2c(c1)C(CCCCC)(CCCCCCCC)C1=C2C=C1C(C)(C)C)N(c1ccc(C(C)CC)cc1)c1ccc(C(C)(C)C)cc1. The largest absolute Gasteiger partial charge is 0.311 e. The van der Waals surface area contributed by atoms with Crippen molar-refractivity contribution >= 4 is 23.0 Å². The Morgan fingerprint density at radius 3 is 1.89 bits per heavy atom. The highest BCUT2D eigenvalue weighted by molar-refractivity contribution is 5.97. The molecule has 2 aliphatic carbocycles. The third-order valence-corrected chi connectivity index (χ3v) is 12.6. The molecule has 0 saturated heterocycles. The number of hydrogen-bond acceptors (Lipinski definition) is 1. The Bertz CT molecular complexity index is 1890. The van der Waals surface area contributed by atoms with E-state index < -0.39 is 0 Å². The van der Waals surface area contributed by atoms with Crippen molar-refractivity contribution in [2.45, 2.75) is 170 Å². The molecular formula is C55H75N. The Hall–Kier alpha value is -3.84. The minimum atomic E-state index is 0.102. The summed E-state index contributed by atoms with van der Waals surface area (Å²) >= 11 is 0. The number of allylic oxidation sites excluding steroid dienone is 8. The van der Waals surface area contributed by atoms with E-state index in [1.54, 1.807) is 16.7 Å². The highest BCUT2D eigenvalue weighted by atomic mass is 15.1. The lowest BCUT2D eigenvalue weighted by atomic mass is 9.61. The Morgan fingerprint density at radius 1 is 0.714 bits per heavy atom. The van der Waals surface area contributed by atoms with Gasteiger partial charge in [-0.2, -0.15) is 0 Å². The second-order valence-corrected chi connectivity index (χ2v) is 18.9. The second kappa shape index (κ2) is 19.1. The van der Waals surface area contributed by atoms with E-state index in [0.717, 1.165) is 12.1 Å². The van der Waals surface area contributed by atoms with Crippen molar-refractivity contribution in [3.63, 3.8) is 0 Å². The topological polar surface area (TPSA) is 3.24 Å². The molecule has 2 unspecified atom stereocenters. The van der Waals surface area contributed by atoms with Gasteiger partial charge in [-0.15, -0.1) is 0 Å². The molecule has 0 radical (unpaired) electrons. The second-order valence-electron chi connectivity index (χ2n) is 18.9. The number of benzene rings is 3. The zero-order valence-corrected chi connectivity index (χ0v) is 37.3. The summed E-state index contributed by atoms with van der Waals surface area (Å²) in [5, 5.41) is 0. The first kappa shape index (κ1) is 43.3. The Morgan fingerprint density at radius 2 is 1.30 bits per heavy atom. The van der Waals surface area contributed by atoms with E-state index in [4.69, 9.17) is 0 Å². The van der Waals surface area contributed by atoms with E-state index in [0.29, 0.717) is 5.92 Å². The fourth-order valence-electron chi connectivity index (χ4n) is 9.01. The molecule has 0 fully saturated rings. The smallest absolute Gasteiger partial charge is 0.0461 e. The molecule has 3 aromatic rings. The molecule has 5 rings (SSSR count). The number of unbranched alkanes of at least 4 members (excludes halogenated alkanes) is 7. The molecule has 0 heterocycles. The molecule has 0 aromatic heterocycles. The zero-order valence-electron chi connectivity index (χ0n) is 37.3. The van der Waals surface area contributed by atoms with Crippen LogP contribution in [-0.2, 0) is 10.8 Å². The van der Waals surface area contributed by atoms with E-state index in [-0.39, 0.29) is 16.2 Å². The van der Waals surface area contributed by atoms with Gasteiger partial charge in [0.05, 0.1) is 0 Å². The van der Waals surface area contributed by atoms with Gasteiger partial charge in [0.2, 0.25) is 0 Å². The van der Waals surface area contributed by atoms with Gasteiger partial charge in [-0.1, -0.05) is 188 Å². The predicted octanol–water partition coefficient (Wildman–Crippen LogP) is 17.1. The summed E-state index contributed by atoms with van der Waals surface area (Å²) < 4.78 is 0. The summed E-state index contributed by atoms with van der Waals surface area (Å²) in [6.07, 6.45) is 29.4. The summed E-state index contributed by atoms with van der Waals surface area (Å²) in [5.74, 6) is 0.545. The molecule has 0 spiro atoms. The number of rotatable bonds is 19. The average molecular weight is 750 g/mol. The summed E-state index contributed by atoms with van der Waals surface area (Å²) in [6.45, 7) is 25.5. The van der Waals surface area contributed by atoms with Crippen molar-refractivity contribution in [1.82, 2.24) is 0 Å². The normalized spacial score (nSPS) is 17.7. The summed E-state index contributed by atoms with van der Waals surface area (Å²) in [4.78, 5) is 2.41. The van der Waals surface area contributed by atoms with Crippen LogP contribution in [-0.4, -0.2) is 0 Å². The molecular weight excluding hydrogens is 675 g/mol. The average Bonchev–Trinajstić information content (AvgIpc) is 3.34. The number of nitrogens with zero attached hydrogens (tertiary/aromatic N) is 1. The van der Waals surface area contributed by atoms with Crippen LogP contribution < -0.4 is 4.90 Å².